The zero-order chi connectivity index (χ0) is 16.2. The van der Waals surface area contributed by atoms with Crippen molar-refractivity contribution in [3.05, 3.63) is 46.4 Å². The number of aliphatic hydroxyl groups is 2. The van der Waals surface area contributed by atoms with Gasteiger partial charge < -0.3 is 20.1 Å². The number of nitrogens with zero attached hydrogens (tertiary/aromatic N) is 1. The lowest BCUT2D eigenvalue weighted by Crippen LogP contribution is -2.50. The molecule has 1 aliphatic rings. The maximum atomic E-state index is 10.5. The first-order chi connectivity index (χ1) is 11.0. The first kappa shape index (κ1) is 17.8. The molecule has 7 heteroatoms. The molecule has 1 aromatic heterocycles. The molecule has 1 fully saturated rings. The Kier molecular flexibility index (Phi) is 4.73. The molecule has 0 aliphatic carbocycles. The summed E-state index contributed by atoms with van der Waals surface area (Å²) in [6.45, 7) is 1.06. The maximum Gasteiger partial charge on any atom is 0.186 e. The maximum absolute atomic E-state index is 10.5. The molecule has 3 aromatic rings. The van der Waals surface area contributed by atoms with E-state index in [9.17, 15) is 10.2 Å². The van der Waals surface area contributed by atoms with Crippen molar-refractivity contribution >= 4 is 57.4 Å². The van der Waals surface area contributed by atoms with Crippen molar-refractivity contribution in [3.8, 4) is 0 Å². The fourth-order valence-electron chi connectivity index (χ4n) is 3.47. The molecule has 1 unspecified atom stereocenters. The molecule has 4 rings (SSSR count). The average molecular weight is 388 g/mol. The van der Waals surface area contributed by atoms with Crippen LogP contribution in [0.4, 0.5) is 0 Å². The highest BCUT2D eigenvalue weighted by atomic mass is 35.5. The molecule has 0 amide bonds. The van der Waals surface area contributed by atoms with Crippen molar-refractivity contribution in [1.29, 1.82) is 0 Å². The number of hydrogen-bond donors (Lipinski definition) is 3. The van der Waals surface area contributed by atoms with E-state index in [-0.39, 0.29) is 18.8 Å². The van der Waals surface area contributed by atoms with E-state index in [0.717, 1.165) is 21.8 Å². The lowest BCUT2D eigenvalue weighted by molar-refractivity contribution is -0.203. The molecule has 2 heterocycles. The van der Waals surface area contributed by atoms with Crippen LogP contribution >= 0.6 is 35.6 Å². The Bertz CT molecular complexity index is 848. The van der Waals surface area contributed by atoms with Crippen LogP contribution in [0.3, 0.4) is 0 Å². The molecule has 0 saturated carbocycles. The molecule has 0 spiro atoms. The molecule has 1 saturated heterocycles. The van der Waals surface area contributed by atoms with E-state index >= 15 is 0 Å². The van der Waals surface area contributed by atoms with E-state index < -0.39 is 11.8 Å². The van der Waals surface area contributed by atoms with Gasteiger partial charge in [-0.25, -0.2) is 0 Å². The third-order valence-electron chi connectivity index (χ3n) is 4.58. The summed E-state index contributed by atoms with van der Waals surface area (Å²) in [6, 6.07) is 10.7. The zero-order valence-electron chi connectivity index (χ0n) is 12.7. The quantitative estimate of drug-likeness (QED) is 0.558. The Hall–Kier alpha value is -1.01. The number of hydrogen-bond acceptors (Lipinski definition) is 3. The van der Waals surface area contributed by atoms with Gasteiger partial charge >= 0.3 is 0 Å². The minimum absolute atomic E-state index is 0. The molecular formula is C17H17Cl3N2O2. The molecule has 0 radical (unpaired) electrons. The topological polar surface area (TPSA) is 57.4 Å². The van der Waals surface area contributed by atoms with Gasteiger partial charge in [-0.1, -0.05) is 23.2 Å². The molecule has 2 aromatic carbocycles. The second-order valence-corrected chi connectivity index (χ2v) is 6.91. The van der Waals surface area contributed by atoms with Crippen LogP contribution in [-0.2, 0) is 0 Å². The molecule has 4 nitrogen and oxygen atoms in total. The highest BCUT2D eigenvalue weighted by molar-refractivity contribution is 6.33. The van der Waals surface area contributed by atoms with Gasteiger partial charge in [-0.2, -0.15) is 0 Å². The van der Waals surface area contributed by atoms with Crippen molar-refractivity contribution in [2.45, 2.75) is 18.2 Å². The van der Waals surface area contributed by atoms with Gasteiger partial charge in [-0.05, 0) is 36.4 Å². The number of fused-ring (bicyclic) bond motifs is 3. The van der Waals surface area contributed by atoms with Gasteiger partial charge in [0.2, 0.25) is 0 Å². The second-order valence-electron chi connectivity index (χ2n) is 6.04. The Morgan fingerprint density at radius 1 is 1.00 bits per heavy atom. The molecule has 0 bridgehead atoms. The van der Waals surface area contributed by atoms with Crippen molar-refractivity contribution in [2.24, 2.45) is 0 Å². The van der Waals surface area contributed by atoms with Crippen molar-refractivity contribution in [2.75, 3.05) is 13.1 Å². The number of rotatable bonds is 1. The van der Waals surface area contributed by atoms with Gasteiger partial charge in [0.1, 0.15) is 6.04 Å². The number of benzene rings is 2. The summed E-state index contributed by atoms with van der Waals surface area (Å²) in [7, 11) is 0. The van der Waals surface area contributed by atoms with Gasteiger partial charge in [0.25, 0.3) is 0 Å². The Balaban J connectivity index is 0.00000169. The number of piperidine rings is 1. The Labute approximate surface area is 155 Å². The summed E-state index contributed by atoms with van der Waals surface area (Å²) >= 11 is 12.3. The predicted molar refractivity (Wildman–Crippen MR) is 100 cm³/mol. The summed E-state index contributed by atoms with van der Waals surface area (Å²) in [5.41, 5.74) is 1.82. The number of nitrogens with one attached hydrogen (secondary N) is 1. The van der Waals surface area contributed by atoms with Crippen LogP contribution in [0.25, 0.3) is 21.8 Å². The lowest BCUT2D eigenvalue weighted by atomic mass is 9.99. The third-order valence-corrected chi connectivity index (χ3v) is 5.05. The minimum atomic E-state index is -1.76. The zero-order valence-corrected chi connectivity index (χ0v) is 15.0. The molecule has 1 aliphatic heterocycles. The highest BCUT2D eigenvalue weighted by Gasteiger charge is 2.39. The molecule has 128 valence electrons. The van der Waals surface area contributed by atoms with Crippen molar-refractivity contribution < 1.29 is 10.2 Å². The standard InChI is InChI=1S/C17H16Cl2N2O2.ClH/c18-10-1-3-14-12(7-10)13-8-11(19)2-4-15(13)21(14)16-9-20-6-5-17(16,22)23;/h1-4,7-8,16,20,22-23H,5-6,9H2;1H. The van der Waals surface area contributed by atoms with Crippen LogP contribution in [0.2, 0.25) is 10.0 Å². The summed E-state index contributed by atoms with van der Waals surface area (Å²) in [6.07, 6.45) is 0.278. The Morgan fingerprint density at radius 2 is 1.54 bits per heavy atom. The first-order valence-electron chi connectivity index (χ1n) is 7.51. The SMILES string of the molecule is Cl.OC1(O)CCNCC1n1c2ccc(Cl)cc2c2cc(Cl)ccc21. The van der Waals surface area contributed by atoms with E-state index in [2.05, 4.69) is 5.32 Å². The van der Waals surface area contributed by atoms with Crippen LogP contribution in [0.5, 0.6) is 0 Å². The lowest BCUT2D eigenvalue weighted by Gasteiger charge is -2.37. The van der Waals surface area contributed by atoms with E-state index in [1.165, 1.54) is 0 Å². The smallest absolute Gasteiger partial charge is 0.186 e. The second kappa shape index (κ2) is 6.37. The van der Waals surface area contributed by atoms with E-state index in [1.54, 1.807) is 0 Å². The summed E-state index contributed by atoms with van der Waals surface area (Å²) in [4.78, 5) is 0. The third kappa shape index (κ3) is 2.77. The highest BCUT2D eigenvalue weighted by Crippen LogP contribution is 2.38. The molecule has 24 heavy (non-hydrogen) atoms. The van der Waals surface area contributed by atoms with E-state index in [1.807, 2.05) is 41.0 Å². The van der Waals surface area contributed by atoms with Gasteiger partial charge in [-0.3, -0.25) is 0 Å². The van der Waals surface area contributed by atoms with E-state index in [4.69, 9.17) is 23.2 Å². The molecule has 3 N–H and O–H groups in total. The van der Waals surface area contributed by atoms with Crippen LogP contribution in [0.15, 0.2) is 36.4 Å². The Morgan fingerprint density at radius 3 is 2.04 bits per heavy atom. The van der Waals surface area contributed by atoms with Gasteiger partial charge in [0.05, 0.1) is 0 Å². The normalized spacial score (nSPS) is 20.2. The largest absolute Gasteiger partial charge is 0.364 e. The van der Waals surface area contributed by atoms with Crippen molar-refractivity contribution in [3.63, 3.8) is 0 Å². The minimum Gasteiger partial charge on any atom is -0.364 e. The van der Waals surface area contributed by atoms with Gasteiger partial charge in [0.15, 0.2) is 5.79 Å². The van der Waals surface area contributed by atoms with Crippen LogP contribution in [0, 0.1) is 0 Å². The summed E-state index contributed by atoms with van der Waals surface area (Å²) in [5, 5.41) is 27.4. The first-order valence-corrected chi connectivity index (χ1v) is 8.27. The molecular weight excluding hydrogens is 371 g/mol. The summed E-state index contributed by atoms with van der Waals surface area (Å²) in [5.74, 6) is -1.76. The van der Waals surface area contributed by atoms with Crippen molar-refractivity contribution in [1.82, 2.24) is 9.88 Å². The fourth-order valence-corrected chi connectivity index (χ4v) is 3.82. The van der Waals surface area contributed by atoms with E-state index in [0.29, 0.717) is 23.1 Å². The van der Waals surface area contributed by atoms with Gasteiger partial charge in [0, 0.05) is 51.4 Å². The number of aromatic nitrogens is 1. The van der Waals surface area contributed by atoms with Crippen LogP contribution in [0.1, 0.15) is 12.5 Å². The van der Waals surface area contributed by atoms with Crippen LogP contribution in [-0.4, -0.2) is 33.7 Å². The monoisotopic (exact) mass is 386 g/mol. The van der Waals surface area contributed by atoms with Crippen LogP contribution < -0.4 is 5.32 Å². The molecule has 1 atom stereocenters. The summed E-state index contributed by atoms with van der Waals surface area (Å²) < 4.78 is 1.98. The average Bonchev–Trinajstić information content (AvgIpc) is 2.80. The predicted octanol–water partition coefficient (Wildman–Crippen LogP) is 3.74. The number of halogens is 3. The van der Waals surface area contributed by atoms with Gasteiger partial charge in [-0.15, -0.1) is 12.4 Å². The fraction of sp³-hybridized carbons (Fsp3) is 0.294.